The summed E-state index contributed by atoms with van der Waals surface area (Å²) in [6.45, 7) is 0.399. The number of nitrogens with zero attached hydrogens (tertiary/aromatic N) is 3. The van der Waals surface area contributed by atoms with E-state index in [0.29, 0.717) is 25.1 Å². The van der Waals surface area contributed by atoms with E-state index < -0.39 is 41.9 Å². The highest BCUT2D eigenvalue weighted by Crippen LogP contribution is 2.19. The number of hydrogen-bond donors (Lipinski definition) is 4. The number of urea groups is 1. The number of aromatic nitrogens is 2. The minimum atomic E-state index is -1.08. The summed E-state index contributed by atoms with van der Waals surface area (Å²) in [5.41, 5.74) is 0.618. The smallest absolute Gasteiger partial charge is 0.324 e. The largest absolute Gasteiger partial charge is 0.357 e. The van der Waals surface area contributed by atoms with Crippen LogP contribution in [0.5, 0.6) is 0 Å². The number of likely N-dealkylation sites (tertiary alicyclic amines) is 1. The first-order valence-electron chi connectivity index (χ1n) is 9.68. The molecule has 0 aliphatic carbocycles. The molecule has 0 unspecified atom stereocenters. The van der Waals surface area contributed by atoms with Crippen molar-refractivity contribution in [1.82, 2.24) is 35.7 Å². The van der Waals surface area contributed by atoms with Gasteiger partial charge in [-0.25, -0.2) is 9.78 Å². The first-order chi connectivity index (χ1) is 14.3. The van der Waals surface area contributed by atoms with Crippen molar-refractivity contribution in [2.24, 2.45) is 0 Å². The van der Waals surface area contributed by atoms with E-state index in [-0.39, 0.29) is 18.7 Å². The van der Waals surface area contributed by atoms with Crippen molar-refractivity contribution >= 4 is 29.7 Å². The van der Waals surface area contributed by atoms with Crippen LogP contribution in [0, 0.1) is 0 Å². The van der Waals surface area contributed by atoms with Crippen LogP contribution >= 0.6 is 0 Å². The lowest BCUT2D eigenvalue weighted by atomic mass is 10.1. The Hall–Kier alpha value is -3.44. The molecule has 2 saturated heterocycles. The second-order valence-corrected chi connectivity index (χ2v) is 7.31. The maximum atomic E-state index is 13.2. The molecule has 0 radical (unpaired) electrons. The number of amides is 6. The molecule has 2 aliphatic rings. The van der Waals surface area contributed by atoms with E-state index in [4.69, 9.17) is 0 Å². The molecule has 0 bridgehead atoms. The SMILES string of the molecule is CNC(=O)[C@H]1CCCN1C(=O)[C@@H](Cc1cnc[nH]1)NC(=O)[C@@H]1CC(=O)N(C)C(=O)N1. The summed E-state index contributed by atoms with van der Waals surface area (Å²) in [6, 6.07) is -3.35. The third-order valence-corrected chi connectivity index (χ3v) is 5.35. The minimum absolute atomic E-state index is 0.121. The van der Waals surface area contributed by atoms with Gasteiger partial charge in [0.25, 0.3) is 0 Å². The zero-order chi connectivity index (χ0) is 21.8. The number of likely N-dealkylation sites (N-methyl/N-ethyl adjacent to an activating group) is 1. The average molecular weight is 419 g/mol. The predicted octanol–water partition coefficient (Wildman–Crippen LogP) is -1.89. The lowest BCUT2D eigenvalue weighted by molar-refractivity contribution is -0.142. The zero-order valence-corrected chi connectivity index (χ0v) is 16.8. The fourth-order valence-electron chi connectivity index (χ4n) is 3.64. The van der Waals surface area contributed by atoms with Crippen molar-refractivity contribution in [3.8, 4) is 0 Å². The lowest BCUT2D eigenvalue weighted by Crippen LogP contribution is -2.61. The van der Waals surface area contributed by atoms with E-state index in [1.165, 1.54) is 31.5 Å². The number of rotatable bonds is 6. The van der Waals surface area contributed by atoms with Gasteiger partial charge in [-0.2, -0.15) is 0 Å². The summed E-state index contributed by atoms with van der Waals surface area (Å²) < 4.78 is 0. The lowest BCUT2D eigenvalue weighted by Gasteiger charge is -2.31. The molecule has 1 aromatic rings. The van der Waals surface area contributed by atoms with Crippen LogP contribution in [0.4, 0.5) is 4.79 Å². The molecular formula is C18H25N7O5. The van der Waals surface area contributed by atoms with Gasteiger partial charge in [-0.3, -0.25) is 24.1 Å². The fraction of sp³-hybridized carbons (Fsp3) is 0.556. The van der Waals surface area contributed by atoms with Crippen molar-refractivity contribution in [2.75, 3.05) is 20.6 Å². The Morgan fingerprint density at radius 2 is 2.07 bits per heavy atom. The molecule has 12 nitrogen and oxygen atoms in total. The first-order valence-corrected chi connectivity index (χ1v) is 9.68. The summed E-state index contributed by atoms with van der Waals surface area (Å²) >= 11 is 0. The molecule has 30 heavy (non-hydrogen) atoms. The normalized spacial score (nSPS) is 22.5. The average Bonchev–Trinajstić information content (AvgIpc) is 3.41. The van der Waals surface area contributed by atoms with Crippen molar-refractivity contribution in [2.45, 2.75) is 43.8 Å². The summed E-state index contributed by atoms with van der Waals surface area (Å²) in [5.74, 6) is -1.80. The second kappa shape index (κ2) is 8.93. The van der Waals surface area contributed by atoms with E-state index >= 15 is 0 Å². The molecule has 1 aromatic heterocycles. The number of aromatic amines is 1. The monoisotopic (exact) mass is 419 g/mol. The Labute approximate surface area is 172 Å². The number of nitrogens with one attached hydrogen (secondary N) is 4. The quantitative estimate of drug-likeness (QED) is 0.422. The van der Waals surface area contributed by atoms with Gasteiger partial charge in [0.05, 0.1) is 12.7 Å². The maximum absolute atomic E-state index is 13.2. The topological polar surface area (TPSA) is 157 Å². The number of imidazole rings is 1. The van der Waals surface area contributed by atoms with Gasteiger partial charge < -0.3 is 25.8 Å². The summed E-state index contributed by atoms with van der Waals surface area (Å²) in [7, 11) is 2.83. The number of imide groups is 1. The van der Waals surface area contributed by atoms with Gasteiger partial charge in [0.2, 0.25) is 23.6 Å². The van der Waals surface area contributed by atoms with Crippen molar-refractivity contribution < 1.29 is 24.0 Å². The van der Waals surface area contributed by atoms with Crippen LogP contribution in [0.2, 0.25) is 0 Å². The molecule has 3 heterocycles. The maximum Gasteiger partial charge on any atom is 0.324 e. The second-order valence-electron chi connectivity index (χ2n) is 7.31. The Morgan fingerprint density at radius 3 is 2.70 bits per heavy atom. The summed E-state index contributed by atoms with van der Waals surface area (Å²) in [5, 5.41) is 7.65. The Morgan fingerprint density at radius 1 is 1.30 bits per heavy atom. The van der Waals surface area contributed by atoms with E-state index in [1.807, 2.05) is 0 Å². The molecule has 0 aromatic carbocycles. The number of carbonyl (C=O) groups excluding carboxylic acids is 5. The highest BCUT2D eigenvalue weighted by molar-refractivity contribution is 6.03. The van der Waals surface area contributed by atoms with Crippen molar-refractivity contribution in [3.05, 3.63) is 18.2 Å². The van der Waals surface area contributed by atoms with Gasteiger partial charge in [-0.1, -0.05) is 0 Å². The Kier molecular flexibility index (Phi) is 6.33. The molecular weight excluding hydrogens is 394 g/mol. The predicted molar refractivity (Wildman–Crippen MR) is 103 cm³/mol. The Bertz CT molecular complexity index is 822. The highest BCUT2D eigenvalue weighted by atomic mass is 16.2. The van der Waals surface area contributed by atoms with Crippen LogP contribution in [-0.4, -0.2) is 88.2 Å². The van der Waals surface area contributed by atoms with Crippen LogP contribution in [-0.2, 0) is 25.6 Å². The van der Waals surface area contributed by atoms with Gasteiger partial charge in [-0.05, 0) is 12.8 Å². The van der Waals surface area contributed by atoms with Crippen LogP contribution in [0.1, 0.15) is 25.0 Å². The first kappa shape index (κ1) is 21.3. The highest BCUT2D eigenvalue weighted by Gasteiger charge is 2.39. The van der Waals surface area contributed by atoms with E-state index in [0.717, 1.165) is 4.90 Å². The third-order valence-electron chi connectivity index (χ3n) is 5.35. The van der Waals surface area contributed by atoms with Crippen molar-refractivity contribution in [1.29, 1.82) is 0 Å². The van der Waals surface area contributed by atoms with E-state index in [2.05, 4.69) is 25.9 Å². The third kappa shape index (κ3) is 4.42. The molecule has 2 fully saturated rings. The molecule has 3 atom stereocenters. The van der Waals surface area contributed by atoms with E-state index in [9.17, 15) is 24.0 Å². The molecule has 2 aliphatic heterocycles. The molecule has 0 saturated carbocycles. The van der Waals surface area contributed by atoms with Gasteiger partial charge in [0.15, 0.2) is 0 Å². The summed E-state index contributed by atoms with van der Waals surface area (Å²) in [6.07, 6.45) is 4.12. The molecule has 0 spiro atoms. The molecule has 6 amide bonds. The molecule has 162 valence electrons. The van der Waals surface area contributed by atoms with Crippen LogP contribution < -0.4 is 16.0 Å². The van der Waals surface area contributed by atoms with Gasteiger partial charge in [0, 0.05) is 39.0 Å². The number of carbonyl (C=O) groups is 5. The number of hydrogen-bond acceptors (Lipinski definition) is 6. The van der Waals surface area contributed by atoms with Gasteiger partial charge in [-0.15, -0.1) is 0 Å². The van der Waals surface area contributed by atoms with Crippen LogP contribution in [0.3, 0.4) is 0 Å². The Balaban J connectivity index is 1.76. The zero-order valence-electron chi connectivity index (χ0n) is 16.8. The molecule has 12 heteroatoms. The van der Waals surface area contributed by atoms with Crippen molar-refractivity contribution in [3.63, 3.8) is 0 Å². The van der Waals surface area contributed by atoms with Crippen LogP contribution in [0.15, 0.2) is 12.5 Å². The van der Waals surface area contributed by atoms with Gasteiger partial charge in [0.1, 0.15) is 18.1 Å². The standard InChI is InChI=1S/C18H25N7O5/c1-19-16(28)13-4-3-5-25(13)17(29)12(6-10-8-20-9-21-10)22-15(27)11-7-14(26)24(2)18(30)23-11/h8-9,11-13H,3-7H2,1-2H3,(H,19,28)(H,20,21)(H,22,27)(H,23,30)/t11-,12+,13+/m0/s1. The van der Waals surface area contributed by atoms with Crippen LogP contribution in [0.25, 0.3) is 0 Å². The minimum Gasteiger partial charge on any atom is -0.357 e. The molecule has 3 rings (SSSR count). The molecule has 4 N–H and O–H groups in total. The van der Waals surface area contributed by atoms with Gasteiger partial charge >= 0.3 is 6.03 Å². The number of H-pyrrole nitrogens is 1. The fourth-order valence-corrected chi connectivity index (χ4v) is 3.64. The van der Waals surface area contributed by atoms with E-state index in [1.54, 1.807) is 0 Å². The summed E-state index contributed by atoms with van der Waals surface area (Å²) in [4.78, 5) is 71.0.